The first-order valence-corrected chi connectivity index (χ1v) is 12.5. The minimum absolute atomic E-state index is 0.115. The van der Waals surface area contributed by atoms with Crippen LogP contribution in [0.15, 0.2) is 35.2 Å². The summed E-state index contributed by atoms with van der Waals surface area (Å²) in [5, 5.41) is 5.71. The van der Waals surface area contributed by atoms with E-state index in [0.29, 0.717) is 36.4 Å². The third-order valence-corrected chi connectivity index (χ3v) is 8.24. The van der Waals surface area contributed by atoms with E-state index in [-0.39, 0.29) is 23.3 Å². The van der Waals surface area contributed by atoms with E-state index < -0.39 is 22.0 Å². The molecule has 2 heterocycles. The lowest BCUT2D eigenvalue weighted by molar-refractivity contribution is -0.123. The van der Waals surface area contributed by atoms with Crippen molar-refractivity contribution in [3.63, 3.8) is 0 Å². The maximum Gasteiger partial charge on any atom is 0.265 e. The molecule has 2 atom stereocenters. The van der Waals surface area contributed by atoms with E-state index in [1.807, 2.05) is 32.0 Å². The predicted octanol–water partition coefficient (Wildman–Crippen LogP) is 3.37. The van der Waals surface area contributed by atoms with Crippen molar-refractivity contribution in [2.24, 2.45) is 5.92 Å². The zero-order valence-electron chi connectivity index (χ0n) is 19.3. The zero-order chi connectivity index (χ0) is 23.9. The van der Waals surface area contributed by atoms with E-state index in [1.165, 1.54) is 10.4 Å². The zero-order valence-corrected chi connectivity index (χ0v) is 20.1. The molecule has 8 nitrogen and oxygen atoms in total. The second-order valence-corrected chi connectivity index (χ2v) is 10.8. The van der Waals surface area contributed by atoms with E-state index in [9.17, 15) is 18.0 Å². The molecular formula is C24H29N3O5S. The number of amides is 2. The number of hydrogen-bond donors (Lipinski definition) is 2. The first-order valence-electron chi connectivity index (χ1n) is 11.1. The van der Waals surface area contributed by atoms with E-state index in [1.54, 1.807) is 19.9 Å². The summed E-state index contributed by atoms with van der Waals surface area (Å²) in [5.74, 6) is -0.564. The molecule has 2 aromatic carbocycles. The number of benzene rings is 2. The first kappa shape index (κ1) is 23.3. The van der Waals surface area contributed by atoms with Crippen molar-refractivity contribution in [3.8, 4) is 5.75 Å². The number of aryl methyl sites for hydroxylation is 3. The highest BCUT2D eigenvalue weighted by molar-refractivity contribution is 7.89. The van der Waals surface area contributed by atoms with Crippen molar-refractivity contribution >= 4 is 33.2 Å². The summed E-state index contributed by atoms with van der Waals surface area (Å²) in [5.41, 5.74) is 3.71. The van der Waals surface area contributed by atoms with Crippen LogP contribution in [0.5, 0.6) is 5.75 Å². The van der Waals surface area contributed by atoms with Gasteiger partial charge in [0.25, 0.3) is 5.91 Å². The van der Waals surface area contributed by atoms with Crippen molar-refractivity contribution in [3.05, 3.63) is 47.0 Å². The highest BCUT2D eigenvalue weighted by atomic mass is 32.2. The number of nitrogens with zero attached hydrogens (tertiary/aromatic N) is 1. The number of carbonyl (C=O) groups is 2. The number of fused-ring (bicyclic) bond motifs is 1. The van der Waals surface area contributed by atoms with E-state index in [4.69, 9.17) is 4.74 Å². The molecule has 9 heteroatoms. The van der Waals surface area contributed by atoms with Crippen LogP contribution in [-0.4, -0.2) is 43.7 Å². The quantitative estimate of drug-likeness (QED) is 0.711. The van der Waals surface area contributed by atoms with Crippen LogP contribution in [0.3, 0.4) is 0 Å². The van der Waals surface area contributed by atoms with Gasteiger partial charge in [-0.3, -0.25) is 9.59 Å². The van der Waals surface area contributed by atoms with Crippen LogP contribution in [0, 0.1) is 26.7 Å². The lowest BCUT2D eigenvalue weighted by Gasteiger charge is -2.32. The van der Waals surface area contributed by atoms with Crippen molar-refractivity contribution in [1.29, 1.82) is 0 Å². The summed E-state index contributed by atoms with van der Waals surface area (Å²) in [4.78, 5) is 25.0. The van der Waals surface area contributed by atoms with Gasteiger partial charge in [0.05, 0.1) is 16.5 Å². The summed E-state index contributed by atoms with van der Waals surface area (Å²) < 4.78 is 34.0. The Balaban J connectivity index is 1.55. The Labute approximate surface area is 194 Å². The molecule has 2 amide bonds. The van der Waals surface area contributed by atoms with Crippen LogP contribution in [0.25, 0.3) is 0 Å². The number of ether oxygens (including phenoxy) is 1. The van der Waals surface area contributed by atoms with Gasteiger partial charge in [-0.1, -0.05) is 12.1 Å². The molecule has 2 N–H and O–H groups in total. The van der Waals surface area contributed by atoms with Gasteiger partial charge < -0.3 is 15.4 Å². The average Bonchev–Trinajstić information content (AvgIpc) is 2.77. The minimum atomic E-state index is -3.85. The molecular weight excluding hydrogens is 442 g/mol. The number of hydrogen-bond acceptors (Lipinski definition) is 5. The van der Waals surface area contributed by atoms with E-state index in [2.05, 4.69) is 10.6 Å². The SMILES string of the molecule is Cc1ccc(C)c(NC(=O)C2CCCN(S(=O)(=O)c3cc4c(cc3C)NC(=O)C(C)O4)C2)c1. The monoisotopic (exact) mass is 471 g/mol. The molecule has 0 spiro atoms. The molecule has 176 valence electrons. The second-order valence-electron chi connectivity index (χ2n) is 8.87. The molecule has 2 aliphatic heterocycles. The van der Waals surface area contributed by atoms with Gasteiger partial charge in [0.2, 0.25) is 15.9 Å². The first-order chi connectivity index (χ1) is 15.6. The van der Waals surface area contributed by atoms with Gasteiger partial charge >= 0.3 is 0 Å². The normalized spacial score (nSPS) is 21.0. The molecule has 0 aliphatic carbocycles. The van der Waals surface area contributed by atoms with Gasteiger partial charge in [0.15, 0.2) is 6.10 Å². The molecule has 2 aromatic rings. The van der Waals surface area contributed by atoms with Crippen LogP contribution < -0.4 is 15.4 Å². The Morgan fingerprint density at radius 1 is 1.15 bits per heavy atom. The molecule has 2 unspecified atom stereocenters. The Kier molecular flexibility index (Phi) is 6.20. The number of carbonyl (C=O) groups excluding carboxylic acids is 2. The summed E-state index contributed by atoms with van der Waals surface area (Å²) in [6.45, 7) is 7.64. The number of nitrogens with one attached hydrogen (secondary N) is 2. The highest BCUT2D eigenvalue weighted by Crippen LogP contribution is 2.36. The predicted molar refractivity (Wildman–Crippen MR) is 126 cm³/mol. The Morgan fingerprint density at radius 2 is 1.91 bits per heavy atom. The molecule has 1 saturated heterocycles. The highest BCUT2D eigenvalue weighted by Gasteiger charge is 2.35. The van der Waals surface area contributed by atoms with Gasteiger partial charge in [-0.05, 0) is 69.4 Å². The molecule has 1 fully saturated rings. The summed E-state index contributed by atoms with van der Waals surface area (Å²) >= 11 is 0. The third-order valence-electron chi connectivity index (χ3n) is 6.23. The lowest BCUT2D eigenvalue weighted by Crippen LogP contribution is -2.44. The van der Waals surface area contributed by atoms with E-state index >= 15 is 0 Å². The Bertz CT molecular complexity index is 1220. The van der Waals surface area contributed by atoms with Gasteiger partial charge in [-0.2, -0.15) is 4.31 Å². The van der Waals surface area contributed by atoms with Gasteiger partial charge in [-0.15, -0.1) is 0 Å². The third kappa shape index (κ3) is 4.60. The summed E-state index contributed by atoms with van der Waals surface area (Å²) in [7, 11) is -3.85. The Morgan fingerprint density at radius 3 is 2.67 bits per heavy atom. The van der Waals surface area contributed by atoms with Gasteiger partial charge in [0, 0.05) is 24.8 Å². The van der Waals surface area contributed by atoms with Crippen molar-refractivity contribution in [2.45, 2.75) is 51.5 Å². The maximum atomic E-state index is 13.5. The molecule has 4 rings (SSSR count). The topological polar surface area (TPSA) is 105 Å². The Hall–Kier alpha value is -2.91. The molecule has 0 saturated carbocycles. The lowest BCUT2D eigenvalue weighted by atomic mass is 9.98. The van der Waals surface area contributed by atoms with Crippen LogP contribution in [-0.2, 0) is 19.6 Å². The van der Waals surface area contributed by atoms with Crippen molar-refractivity contribution in [2.75, 3.05) is 23.7 Å². The molecule has 2 aliphatic rings. The average molecular weight is 472 g/mol. The second kappa shape index (κ2) is 8.79. The molecule has 0 bridgehead atoms. The molecule has 0 aromatic heterocycles. The van der Waals surface area contributed by atoms with Crippen LogP contribution in [0.1, 0.15) is 36.5 Å². The van der Waals surface area contributed by atoms with Crippen LogP contribution >= 0.6 is 0 Å². The largest absolute Gasteiger partial charge is 0.479 e. The summed E-state index contributed by atoms with van der Waals surface area (Å²) in [6.07, 6.45) is 0.514. The summed E-state index contributed by atoms with van der Waals surface area (Å²) in [6, 6.07) is 8.93. The van der Waals surface area contributed by atoms with Gasteiger partial charge in [-0.25, -0.2) is 8.42 Å². The standard InChI is InChI=1S/C24H29N3O5S/c1-14-7-8-15(2)19(10-14)25-24(29)18-6-5-9-27(13-18)33(30,31)22-12-21-20(11-16(22)3)26-23(28)17(4)32-21/h7-8,10-12,17-18H,5-6,9,13H2,1-4H3,(H,25,29)(H,26,28). The number of sulfonamides is 1. The number of rotatable bonds is 4. The van der Waals surface area contributed by atoms with E-state index in [0.717, 1.165) is 16.8 Å². The number of piperidine rings is 1. The minimum Gasteiger partial charge on any atom is -0.479 e. The fraction of sp³-hybridized carbons (Fsp3) is 0.417. The smallest absolute Gasteiger partial charge is 0.265 e. The fourth-order valence-corrected chi connectivity index (χ4v) is 5.99. The van der Waals surface area contributed by atoms with Crippen molar-refractivity contribution in [1.82, 2.24) is 4.31 Å². The fourth-order valence-electron chi connectivity index (χ4n) is 4.24. The number of anilines is 2. The van der Waals surface area contributed by atoms with Gasteiger partial charge in [0.1, 0.15) is 5.75 Å². The molecule has 33 heavy (non-hydrogen) atoms. The molecule has 0 radical (unpaired) electrons. The van der Waals surface area contributed by atoms with Crippen molar-refractivity contribution < 1.29 is 22.7 Å². The maximum absolute atomic E-state index is 13.5. The van der Waals surface area contributed by atoms with Crippen LogP contribution in [0.2, 0.25) is 0 Å². The van der Waals surface area contributed by atoms with Crippen LogP contribution in [0.4, 0.5) is 11.4 Å².